The Morgan fingerprint density at radius 2 is 1.64 bits per heavy atom. The van der Waals surface area contributed by atoms with Gasteiger partial charge in [0.25, 0.3) is 0 Å². The van der Waals surface area contributed by atoms with Crippen molar-refractivity contribution in [1.82, 2.24) is 10.4 Å². The van der Waals surface area contributed by atoms with Crippen LogP contribution in [0.5, 0.6) is 0 Å². The zero-order valence-corrected chi connectivity index (χ0v) is 13.2. The molecular formula is C16H21F3N2O. The van der Waals surface area contributed by atoms with Crippen LogP contribution in [0.4, 0.5) is 13.2 Å². The van der Waals surface area contributed by atoms with Crippen LogP contribution < -0.4 is 5.43 Å². The van der Waals surface area contributed by atoms with Gasteiger partial charge in [0.2, 0.25) is 5.91 Å². The van der Waals surface area contributed by atoms with Crippen LogP contribution >= 0.6 is 0 Å². The van der Waals surface area contributed by atoms with E-state index in [0.717, 1.165) is 10.6 Å². The molecular weight excluding hydrogens is 293 g/mol. The minimum absolute atomic E-state index is 0.0453. The highest BCUT2D eigenvalue weighted by Crippen LogP contribution is 2.42. The molecule has 0 saturated carbocycles. The quantitative estimate of drug-likeness (QED) is 0.917. The maximum atomic E-state index is 13.6. The van der Waals surface area contributed by atoms with E-state index in [1.165, 1.54) is 12.1 Å². The highest BCUT2D eigenvalue weighted by Gasteiger charge is 2.52. The first-order chi connectivity index (χ1) is 10.0. The molecule has 1 saturated heterocycles. The lowest BCUT2D eigenvalue weighted by Gasteiger charge is -2.38. The average Bonchev–Trinajstić information content (AvgIpc) is 2.61. The summed E-state index contributed by atoms with van der Waals surface area (Å²) in [6.07, 6.45) is -4.43. The van der Waals surface area contributed by atoms with Crippen LogP contribution in [-0.4, -0.2) is 22.6 Å². The summed E-state index contributed by atoms with van der Waals surface area (Å²) in [7, 11) is 0. The minimum atomic E-state index is -4.48. The molecule has 1 aromatic rings. The first kappa shape index (κ1) is 16.8. The van der Waals surface area contributed by atoms with E-state index in [2.05, 4.69) is 5.43 Å². The molecule has 0 aromatic heterocycles. The van der Waals surface area contributed by atoms with E-state index < -0.39 is 23.7 Å². The predicted molar refractivity (Wildman–Crippen MR) is 78.0 cm³/mol. The molecule has 6 heteroatoms. The Labute approximate surface area is 128 Å². The number of hydrogen-bond acceptors (Lipinski definition) is 2. The van der Waals surface area contributed by atoms with Crippen molar-refractivity contribution in [2.24, 2.45) is 0 Å². The molecule has 1 atom stereocenters. The molecule has 1 N–H and O–H groups in total. The lowest BCUT2D eigenvalue weighted by atomic mass is 9.95. The second-order valence-corrected chi connectivity index (χ2v) is 6.66. The predicted octanol–water partition coefficient (Wildman–Crippen LogP) is 3.93. The number of alkyl halides is 3. The molecule has 1 aromatic carbocycles. The number of nitrogens with zero attached hydrogens (tertiary/aromatic N) is 1. The number of hydrazine groups is 1. The van der Waals surface area contributed by atoms with Crippen LogP contribution in [0.1, 0.15) is 57.2 Å². The summed E-state index contributed by atoms with van der Waals surface area (Å²) in [6.45, 7) is 7.23. The number of hydrogen-bond donors (Lipinski definition) is 1. The van der Waals surface area contributed by atoms with Crippen molar-refractivity contribution in [3.8, 4) is 0 Å². The standard InChI is InChI=1S/C16H21F3N2O/c1-10(2)11-5-7-12(8-6-11)14(16(17,18)19)21-15(3,4)9-13(22)20-21/h5-8,10,14H,9H2,1-4H3,(H,20,22)/t14-/m0/s1. The monoisotopic (exact) mass is 314 g/mol. The van der Waals surface area contributed by atoms with Gasteiger partial charge in [0.1, 0.15) is 0 Å². The van der Waals surface area contributed by atoms with Gasteiger partial charge in [-0.3, -0.25) is 10.2 Å². The molecule has 1 amide bonds. The number of rotatable bonds is 3. The molecule has 0 radical (unpaired) electrons. The third-order valence-corrected chi connectivity index (χ3v) is 3.98. The molecule has 0 spiro atoms. The zero-order valence-electron chi connectivity index (χ0n) is 13.2. The summed E-state index contributed by atoms with van der Waals surface area (Å²) >= 11 is 0. The number of carbonyl (C=O) groups excluding carboxylic acids is 1. The van der Waals surface area contributed by atoms with E-state index >= 15 is 0 Å². The molecule has 0 bridgehead atoms. The highest BCUT2D eigenvalue weighted by molar-refractivity contribution is 5.79. The number of nitrogens with one attached hydrogen (secondary N) is 1. The number of benzene rings is 1. The molecule has 122 valence electrons. The highest BCUT2D eigenvalue weighted by atomic mass is 19.4. The van der Waals surface area contributed by atoms with Crippen molar-refractivity contribution >= 4 is 5.91 Å². The second-order valence-electron chi connectivity index (χ2n) is 6.66. The van der Waals surface area contributed by atoms with Gasteiger partial charge in [-0.2, -0.15) is 18.2 Å². The van der Waals surface area contributed by atoms with E-state index in [0.29, 0.717) is 0 Å². The smallest absolute Gasteiger partial charge is 0.287 e. The third-order valence-electron chi connectivity index (χ3n) is 3.98. The Balaban J connectivity index is 2.41. The number of halogens is 3. The van der Waals surface area contributed by atoms with Gasteiger partial charge < -0.3 is 0 Å². The molecule has 1 aliphatic heterocycles. The van der Waals surface area contributed by atoms with Gasteiger partial charge in [-0.15, -0.1) is 0 Å². The molecule has 3 nitrogen and oxygen atoms in total. The average molecular weight is 314 g/mol. The summed E-state index contributed by atoms with van der Waals surface area (Å²) in [6, 6.07) is 4.56. The van der Waals surface area contributed by atoms with Crippen molar-refractivity contribution in [3.63, 3.8) is 0 Å². The minimum Gasteiger partial charge on any atom is -0.287 e. The van der Waals surface area contributed by atoms with E-state index in [-0.39, 0.29) is 17.9 Å². The van der Waals surface area contributed by atoms with Crippen molar-refractivity contribution in [2.45, 2.75) is 57.8 Å². The fourth-order valence-electron chi connectivity index (χ4n) is 2.76. The van der Waals surface area contributed by atoms with E-state index in [9.17, 15) is 18.0 Å². The largest absolute Gasteiger partial charge is 0.409 e. The normalized spacial score (nSPS) is 20.3. The summed E-state index contributed by atoms with van der Waals surface area (Å²) in [4.78, 5) is 11.6. The van der Waals surface area contributed by atoms with Crippen LogP contribution in [0, 0.1) is 0 Å². The molecule has 1 fully saturated rings. The van der Waals surface area contributed by atoms with Gasteiger partial charge >= 0.3 is 6.18 Å². The topological polar surface area (TPSA) is 32.3 Å². The van der Waals surface area contributed by atoms with Crippen LogP contribution in [-0.2, 0) is 4.79 Å². The first-order valence-corrected chi connectivity index (χ1v) is 7.28. The van der Waals surface area contributed by atoms with Crippen molar-refractivity contribution in [1.29, 1.82) is 0 Å². The molecule has 0 aliphatic carbocycles. The van der Waals surface area contributed by atoms with Crippen molar-refractivity contribution in [2.75, 3.05) is 0 Å². The maximum absolute atomic E-state index is 13.6. The Morgan fingerprint density at radius 1 is 1.14 bits per heavy atom. The zero-order chi connectivity index (χ0) is 16.7. The fraction of sp³-hybridized carbons (Fsp3) is 0.562. The summed E-state index contributed by atoms with van der Waals surface area (Å²) in [5, 5.41) is 1.03. The maximum Gasteiger partial charge on any atom is 0.409 e. The summed E-state index contributed by atoms with van der Waals surface area (Å²) in [5.41, 5.74) is 2.58. The van der Waals surface area contributed by atoms with Crippen LogP contribution in [0.15, 0.2) is 24.3 Å². The SMILES string of the molecule is CC(C)c1ccc([C@H](N2NC(=O)CC2(C)C)C(F)(F)F)cc1. The van der Waals surface area contributed by atoms with Crippen LogP contribution in [0.25, 0.3) is 0 Å². The number of amides is 1. The Bertz CT molecular complexity index is 550. The van der Waals surface area contributed by atoms with Gasteiger partial charge in [-0.1, -0.05) is 38.1 Å². The Hall–Kier alpha value is -1.56. The fourth-order valence-corrected chi connectivity index (χ4v) is 2.76. The van der Waals surface area contributed by atoms with Gasteiger partial charge in [-0.25, -0.2) is 0 Å². The summed E-state index contributed by atoms with van der Waals surface area (Å²) < 4.78 is 40.8. The molecule has 1 aliphatic rings. The third kappa shape index (κ3) is 3.27. The molecule has 1 heterocycles. The molecule has 2 rings (SSSR count). The van der Waals surface area contributed by atoms with E-state index in [1.807, 2.05) is 13.8 Å². The molecule has 0 unspecified atom stereocenters. The number of carbonyl (C=O) groups is 1. The first-order valence-electron chi connectivity index (χ1n) is 7.28. The van der Waals surface area contributed by atoms with Gasteiger partial charge in [0.15, 0.2) is 6.04 Å². The van der Waals surface area contributed by atoms with Gasteiger partial charge in [-0.05, 0) is 30.9 Å². The lowest BCUT2D eigenvalue weighted by molar-refractivity contribution is -0.203. The van der Waals surface area contributed by atoms with Crippen LogP contribution in [0.2, 0.25) is 0 Å². The van der Waals surface area contributed by atoms with E-state index in [4.69, 9.17) is 0 Å². The van der Waals surface area contributed by atoms with Crippen LogP contribution in [0.3, 0.4) is 0 Å². The van der Waals surface area contributed by atoms with Gasteiger partial charge in [0.05, 0.1) is 0 Å². The molecule has 22 heavy (non-hydrogen) atoms. The van der Waals surface area contributed by atoms with Crippen molar-refractivity contribution < 1.29 is 18.0 Å². The Morgan fingerprint density at radius 3 is 2.00 bits per heavy atom. The summed E-state index contributed by atoms with van der Waals surface area (Å²) in [5.74, 6) is -0.139. The lowest BCUT2D eigenvalue weighted by Crippen LogP contribution is -2.51. The van der Waals surface area contributed by atoms with Gasteiger partial charge in [0, 0.05) is 12.0 Å². The Kier molecular flexibility index (Phi) is 4.26. The van der Waals surface area contributed by atoms with Crippen molar-refractivity contribution in [3.05, 3.63) is 35.4 Å². The van der Waals surface area contributed by atoms with E-state index in [1.54, 1.807) is 26.0 Å². The second kappa shape index (κ2) is 5.57.